The molecule has 0 radical (unpaired) electrons. The van der Waals surface area contributed by atoms with Crippen LogP contribution in [0.4, 0.5) is 20.5 Å². The van der Waals surface area contributed by atoms with E-state index in [9.17, 15) is 18.8 Å². The highest BCUT2D eigenvalue weighted by Crippen LogP contribution is 2.45. The van der Waals surface area contributed by atoms with Crippen molar-refractivity contribution in [2.24, 2.45) is 11.3 Å². The minimum absolute atomic E-state index is 0.0874. The molecule has 2 aliphatic carbocycles. The highest BCUT2D eigenvalue weighted by Gasteiger charge is 2.51. The van der Waals surface area contributed by atoms with Crippen LogP contribution in [0.1, 0.15) is 50.8 Å². The molecule has 1 aromatic carbocycles. The SMILES string of the molecule is N#CC1(C(=O)N[C@H]2CC[C@H](CNc3nc(N4CCOCC4)cc(-n4c(C(F)F)nc5ccccc54)n3)CC2)CC1. The third-order valence-corrected chi connectivity index (χ3v) is 8.17. The Morgan fingerprint density at radius 3 is 2.52 bits per heavy atom. The van der Waals surface area contributed by atoms with Crippen LogP contribution in [0.3, 0.4) is 0 Å². The van der Waals surface area contributed by atoms with Crippen LogP contribution < -0.4 is 15.5 Å². The number of nitriles is 1. The van der Waals surface area contributed by atoms with Crippen molar-refractivity contribution in [2.45, 2.75) is 51.0 Å². The summed E-state index contributed by atoms with van der Waals surface area (Å²) in [5, 5.41) is 15.7. The number of benzene rings is 1. The third kappa shape index (κ3) is 5.30. The van der Waals surface area contributed by atoms with Crippen LogP contribution in [0.2, 0.25) is 0 Å². The van der Waals surface area contributed by atoms with Crippen molar-refractivity contribution >= 4 is 28.7 Å². The van der Waals surface area contributed by atoms with Gasteiger partial charge in [0.25, 0.3) is 6.43 Å². The number of nitrogens with one attached hydrogen (secondary N) is 2. The number of imidazole rings is 1. The number of halogens is 2. The molecule has 10 nitrogen and oxygen atoms in total. The number of rotatable bonds is 8. The van der Waals surface area contributed by atoms with E-state index in [2.05, 4.69) is 31.6 Å². The van der Waals surface area contributed by atoms with E-state index in [1.54, 1.807) is 30.3 Å². The van der Waals surface area contributed by atoms with Crippen LogP contribution in [0.5, 0.6) is 0 Å². The molecule has 0 bridgehead atoms. The lowest BCUT2D eigenvalue weighted by Gasteiger charge is -2.30. The van der Waals surface area contributed by atoms with Gasteiger partial charge in [-0.05, 0) is 56.6 Å². The molecule has 0 atom stereocenters. The number of hydrogen-bond acceptors (Lipinski definition) is 8. The van der Waals surface area contributed by atoms with Gasteiger partial charge in [0.1, 0.15) is 17.1 Å². The molecule has 12 heteroatoms. The molecule has 1 amide bonds. The summed E-state index contributed by atoms with van der Waals surface area (Å²) in [6, 6.07) is 11.0. The first kappa shape index (κ1) is 26.4. The fraction of sp³-hybridized carbons (Fsp3) is 0.536. The van der Waals surface area contributed by atoms with Crippen molar-refractivity contribution in [3.63, 3.8) is 0 Å². The molecule has 3 heterocycles. The Kier molecular flexibility index (Phi) is 7.23. The molecular weight excluding hydrogens is 518 g/mol. The van der Waals surface area contributed by atoms with Gasteiger partial charge in [0.15, 0.2) is 5.82 Å². The summed E-state index contributed by atoms with van der Waals surface area (Å²) in [4.78, 5) is 28.1. The van der Waals surface area contributed by atoms with Crippen LogP contribution in [0.25, 0.3) is 16.9 Å². The van der Waals surface area contributed by atoms with Gasteiger partial charge in [-0.25, -0.2) is 13.8 Å². The summed E-state index contributed by atoms with van der Waals surface area (Å²) in [6.45, 7) is 3.04. The van der Waals surface area contributed by atoms with Crippen molar-refractivity contribution in [2.75, 3.05) is 43.1 Å². The number of aromatic nitrogens is 4. The van der Waals surface area contributed by atoms with E-state index in [-0.39, 0.29) is 17.8 Å². The Hall–Kier alpha value is -3.85. The molecule has 2 N–H and O–H groups in total. The highest BCUT2D eigenvalue weighted by molar-refractivity contribution is 5.88. The molecule has 3 fully saturated rings. The molecule has 210 valence electrons. The van der Waals surface area contributed by atoms with Crippen molar-refractivity contribution in [1.82, 2.24) is 24.8 Å². The molecule has 3 aromatic rings. The van der Waals surface area contributed by atoms with E-state index in [1.807, 2.05) is 0 Å². The summed E-state index contributed by atoms with van der Waals surface area (Å²) in [6.07, 6.45) is 2.03. The van der Waals surface area contributed by atoms with Crippen LogP contribution >= 0.6 is 0 Å². The monoisotopic (exact) mass is 550 g/mol. The smallest absolute Gasteiger partial charge is 0.296 e. The number of anilines is 2. The number of nitrogens with zero attached hydrogens (tertiary/aromatic N) is 6. The lowest BCUT2D eigenvalue weighted by molar-refractivity contribution is -0.125. The third-order valence-electron chi connectivity index (χ3n) is 8.17. The largest absolute Gasteiger partial charge is 0.378 e. The summed E-state index contributed by atoms with van der Waals surface area (Å²) in [5.74, 6) is 1.21. The van der Waals surface area contributed by atoms with Gasteiger partial charge < -0.3 is 20.3 Å². The predicted molar refractivity (Wildman–Crippen MR) is 144 cm³/mol. The Morgan fingerprint density at radius 2 is 1.82 bits per heavy atom. The fourth-order valence-electron chi connectivity index (χ4n) is 5.59. The number of ether oxygens (including phenoxy) is 1. The number of amides is 1. The number of morpholine rings is 1. The minimum atomic E-state index is -2.77. The number of alkyl halides is 2. The maximum atomic E-state index is 14.1. The first-order valence-corrected chi connectivity index (χ1v) is 13.9. The highest BCUT2D eigenvalue weighted by atomic mass is 19.3. The van der Waals surface area contributed by atoms with E-state index < -0.39 is 11.8 Å². The average molecular weight is 551 g/mol. The molecule has 0 unspecified atom stereocenters. The zero-order chi connectivity index (χ0) is 27.7. The van der Waals surface area contributed by atoms with Gasteiger partial charge in [-0.1, -0.05) is 12.1 Å². The summed E-state index contributed by atoms with van der Waals surface area (Å²) in [5.41, 5.74) is 0.231. The van der Waals surface area contributed by atoms with Crippen LogP contribution in [-0.2, 0) is 9.53 Å². The van der Waals surface area contributed by atoms with Gasteiger partial charge in [0.05, 0.1) is 30.3 Å². The minimum Gasteiger partial charge on any atom is -0.378 e. The number of carbonyl (C=O) groups is 1. The Balaban J connectivity index is 1.20. The molecule has 1 saturated heterocycles. The first-order chi connectivity index (χ1) is 19.5. The Morgan fingerprint density at radius 1 is 1.10 bits per heavy atom. The second-order valence-corrected chi connectivity index (χ2v) is 10.9. The van der Waals surface area contributed by atoms with E-state index in [1.165, 1.54) is 4.57 Å². The second kappa shape index (κ2) is 11.0. The van der Waals surface area contributed by atoms with Gasteiger partial charge in [-0.15, -0.1) is 0 Å². The maximum Gasteiger partial charge on any atom is 0.296 e. The zero-order valence-electron chi connectivity index (χ0n) is 22.2. The lowest BCUT2D eigenvalue weighted by Crippen LogP contribution is -2.42. The summed E-state index contributed by atoms with van der Waals surface area (Å²) in [7, 11) is 0. The Labute approximate surface area is 230 Å². The van der Waals surface area contributed by atoms with Gasteiger partial charge in [-0.2, -0.15) is 15.2 Å². The molecule has 40 heavy (non-hydrogen) atoms. The summed E-state index contributed by atoms with van der Waals surface area (Å²) >= 11 is 0. The normalized spacial score (nSPS) is 22.2. The van der Waals surface area contributed by atoms with Crippen LogP contribution in [0, 0.1) is 22.7 Å². The van der Waals surface area contributed by atoms with Crippen LogP contribution in [0.15, 0.2) is 30.3 Å². The molecule has 6 rings (SSSR count). The van der Waals surface area contributed by atoms with Gasteiger partial charge >= 0.3 is 0 Å². The first-order valence-electron chi connectivity index (χ1n) is 13.9. The van der Waals surface area contributed by atoms with Crippen molar-refractivity contribution in [3.8, 4) is 11.9 Å². The van der Waals surface area contributed by atoms with E-state index in [0.717, 1.165) is 25.7 Å². The number of fused-ring (bicyclic) bond motifs is 1. The van der Waals surface area contributed by atoms with Crippen molar-refractivity contribution in [3.05, 3.63) is 36.2 Å². The molecule has 2 aromatic heterocycles. The molecule has 2 saturated carbocycles. The second-order valence-electron chi connectivity index (χ2n) is 10.9. The quantitative estimate of drug-likeness (QED) is 0.432. The number of hydrogen-bond donors (Lipinski definition) is 2. The van der Waals surface area contributed by atoms with Gasteiger partial charge in [-0.3, -0.25) is 9.36 Å². The number of carbonyl (C=O) groups excluding carboxylic acids is 1. The van der Waals surface area contributed by atoms with Gasteiger partial charge in [0, 0.05) is 31.7 Å². The van der Waals surface area contributed by atoms with E-state index >= 15 is 0 Å². The maximum absolute atomic E-state index is 14.1. The standard InChI is InChI=1S/C28H32F2N8O2/c29-24(30)25-34-20-3-1-2-4-21(20)38(25)23-15-22(37-11-13-40-14-12-37)35-27(36-23)32-16-18-5-7-19(8-6-18)33-26(39)28(17-31)9-10-28/h1-4,15,18-19,24H,5-14,16H2,(H,33,39)(H,32,35,36)/t18-,19-. The lowest BCUT2D eigenvalue weighted by atomic mass is 9.85. The fourth-order valence-corrected chi connectivity index (χ4v) is 5.59. The topological polar surface area (TPSA) is 121 Å². The molecule has 0 spiro atoms. The van der Waals surface area contributed by atoms with Crippen molar-refractivity contribution in [1.29, 1.82) is 5.26 Å². The Bertz CT molecular complexity index is 1420. The number of para-hydroxylation sites is 2. The molecule has 1 aliphatic heterocycles. The zero-order valence-corrected chi connectivity index (χ0v) is 22.2. The molecule has 3 aliphatic rings. The van der Waals surface area contributed by atoms with Crippen LogP contribution in [-0.4, -0.2) is 64.3 Å². The summed E-state index contributed by atoms with van der Waals surface area (Å²) < 4.78 is 35.1. The van der Waals surface area contributed by atoms with Crippen molar-refractivity contribution < 1.29 is 18.3 Å². The predicted octanol–water partition coefficient (Wildman–Crippen LogP) is 3.98. The average Bonchev–Trinajstić information content (AvgIpc) is 3.70. The van der Waals surface area contributed by atoms with Gasteiger partial charge in [0.2, 0.25) is 11.9 Å². The van der Waals surface area contributed by atoms with E-state index in [0.29, 0.717) is 80.2 Å². The van der Waals surface area contributed by atoms with E-state index in [4.69, 9.17) is 9.72 Å². The molecular formula is C28H32F2N8O2.